The zero-order chi connectivity index (χ0) is 16.4. The highest BCUT2D eigenvalue weighted by atomic mass is 16.6. The third-order valence-electron chi connectivity index (χ3n) is 3.91. The average Bonchev–Trinajstić information content (AvgIpc) is 2.55. The summed E-state index contributed by atoms with van der Waals surface area (Å²) in [5.41, 5.74) is 0.719. The molecule has 0 bridgehead atoms. The summed E-state index contributed by atoms with van der Waals surface area (Å²) in [6.45, 7) is 1.62. The van der Waals surface area contributed by atoms with E-state index >= 15 is 0 Å². The third kappa shape index (κ3) is 2.90. The van der Waals surface area contributed by atoms with E-state index in [4.69, 9.17) is 9.47 Å². The molecule has 0 spiro atoms. The number of nitrogens with one attached hydrogen (secondary N) is 1. The van der Waals surface area contributed by atoms with Crippen molar-refractivity contribution in [1.29, 1.82) is 0 Å². The molecule has 0 unspecified atom stereocenters. The number of carbonyl (C=O) groups is 2. The SMILES string of the molecule is COc1ccc(NC(=O)[C@]2(C)Cc3ccccc3C(=O)O2)cc1. The smallest absolute Gasteiger partial charge is 0.339 e. The zero-order valence-electron chi connectivity index (χ0n) is 13.0. The van der Waals surface area contributed by atoms with Crippen molar-refractivity contribution in [2.45, 2.75) is 18.9 Å². The van der Waals surface area contributed by atoms with Gasteiger partial charge in [0.05, 0.1) is 12.7 Å². The normalized spacial score (nSPS) is 19.5. The van der Waals surface area contributed by atoms with Crippen molar-refractivity contribution >= 4 is 17.6 Å². The predicted molar refractivity (Wildman–Crippen MR) is 85.6 cm³/mol. The summed E-state index contributed by atoms with van der Waals surface area (Å²) in [5, 5.41) is 2.78. The van der Waals surface area contributed by atoms with Crippen molar-refractivity contribution in [3.8, 4) is 5.75 Å². The monoisotopic (exact) mass is 311 g/mol. The first kappa shape index (κ1) is 15.1. The molecule has 1 heterocycles. The Morgan fingerprint density at radius 3 is 2.57 bits per heavy atom. The third-order valence-corrected chi connectivity index (χ3v) is 3.91. The molecule has 0 fully saturated rings. The summed E-state index contributed by atoms with van der Waals surface area (Å²) < 4.78 is 10.5. The van der Waals surface area contributed by atoms with E-state index in [1.54, 1.807) is 50.4 Å². The molecule has 1 aliphatic heterocycles. The lowest BCUT2D eigenvalue weighted by Gasteiger charge is -2.33. The Bertz CT molecular complexity index is 754. The van der Waals surface area contributed by atoms with Crippen LogP contribution in [-0.2, 0) is 16.0 Å². The molecule has 2 aromatic carbocycles. The van der Waals surface area contributed by atoms with Crippen molar-refractivity contribution in [2.24, 2.45) is 0 Å². The number of fused-ring (bicyclic) bond motifs is 1. The van der Waals surface area contributed by atoms with Crippen LogP contribution in [0.4, 0.5) is 5.69 Å². The van der Waals surface area contributed by atoms with E-state index in [-0.39, 0.29) is 5.91 Å². The molecule has 5 nitrogen and oxygen atoms in total. The molecule has 0 saturated heterocycles. The minimum atomic E-state index is -1.23. The van der Waals surface area contributed by atoms with Gasteiger partial charge in [0.15, 0.2) is 5.60 Å². The van der Waals surface area contributed by atoms with Crippen LogP contribution in [0.15, 0.2) is 48.5 Å². The second kappa shape index (κ2) is 5.76. The molecule has 2 aromatic rings. The van der Waals surface area contributed by atoms with Crippen molar-refractivity contribution < 1.29 is 19.1 Å². The number of benzene rings is 2. The lowest BCUT2D eigenvalue weighted by atomic mass is 9.89. The summed E-state index contributed by atoms with van der Waals surface area (Å²) in [4.78, 5) is 24.7. The molecule has 118 valence electrons. The second-order valence-electron chi connectivity index (χ2n) is 5.64. The Labute approximate surface area is 134 Å². The maximum atomic E-state index is 12.6. The zero-order valence-corrected chi connectivity index (χ0v) is 13.0. The van der Waals surface area contributed by atoms with Gasteiger partial charge in [-0.25, -0.2) is 4.79 Å². The molecule has 1 atom stereocenters. The predicted octanol–water partition coefficient (Wildman–Crippen LogP) is 2.81. The van der Waals surface area contributed by atoms with Crippen molar-refractivity contribution in [2.75, 3.05) is 12.4 Å². The number of ether oxygens (including phenoxy) is 2. The van der Waals surface area contributed by atoms with Gasteiger partial charge in [-0.1, -0.05) is 18.2 Å². The Morgan fingerprint density at radius 1 is 1.17 bits per heavy atom. The average molecular weight is 311 g/mol. The van der Waals surface area contributed by atoms with Gasteiger partial charge < -0.3 is 14.8 Å². The highest BCUT2D eigenvalue weighted by Crippen LogP contribution is 2.29. The topological polar surface area (TPSA) is 64.6 Å². The summed E-state index contributed by atoms with van der Waals surface area (Å²) >= 11 is 0. The lowest BCUT2D eigenvalue weighted by Crippen LogP contribution is -2.48. The first-order valence-electron chi connectivity index (χ1n) is 7.28. The number of anilines is 1. The van der Waals surface area contributed by atoms with Gasteiger partial charge in [0.25, 0.3) is 5.91 Å². The minimum Gasteiger partial charge on any atom is -0.497 e. The Balaban J connectivity index is 1.80. The van der Waals surface area contributed by atoms with Crippen LogP contribution >= 0.6 is 0 Å². The molecule has 1 amide bonds. The van der Waals surface area contributed by atoms with Gasteiger partial charge in [-0.3, -0.25) is 4.79 Å². The fourth-order valence-electron chi connectivity index (χ4n) is 2.60. The van der Waals surface area contributed by atoms with Gasteiger partial charge in [0.2, 0.25) is 0 Å². The van der Waals surface area contributed by atoms with Crippen LogP contribution < -0.4 is 10.1 Å². The van der Waals surface area contributed by atoms with Crippen LogP contribution in [0.5, 0.6) is 5.75 Å². The number of amides is 1. The summed E-state index contributed by atoms with van der Waals surface area (Å²) in [6, 6.07) is 14.1. The van der Waals surface area contributed by atoms with Crippen LogP contribution in [0.3, 0.4) is 0 Å². The molecule has 0 saturated carbocycles. The Hall–Kier alpha value is -2.82. The lowest BCUT2D eigenvalue weighted by molar-refractivity contribution is -0.134. The number of carbonyl (C=O) groups excluding carboxylic acids is 2. The first-order chi connectivity index (χ1) is 11.0. The maximum absolute atomic E-state index is 12.6. The molecule has 1 aliphatic rings. The van der Waals surface area contributed by atoms with E-state index < -0.39 is 11.6 Å². The van der Waals surface area contributed by atoms with Gasteiger partial charge in [0, 0.05) is 12.1 Å². The largest absolute Gasteiger partial charge is 0.497 e. The number of cyclic esters (lactones) is 1. The van der Waals surface area contributed by atoms with Crippen LogP contribution in [-0.4, -0.2) is 24.6 Å². The minimum absolute atomic E-state index is 0.344. The Morgan fingerprint density at radius 2 is 1.87 bits per heavy atom. The number of methoxy groups -OCH3 is 1. The van der Waals surface area contributed by atoms with E-state index in [2.05, 4.69) is 5.32 Å². The molecular weight excluding hydrogens is 294 g/mol. The van der Waals surface area contributed by atoms with E-state index in [1.807, 2.05) is 12.1 Å². The van der Waals surface area contributed by atoms with Gasteiger partial charge in [-0.05, 0) is 42.8 Å². The molecule has 5 heteroatoms. The number of rotatable bonds is 3. The van der Waals surface area contributed by atoms with E-state index in [1.165, 1.54) is 0 Å². The van der Waals surface area contributed by atoms with Crippen molar-refractivity contribution in [3.63, 3.8) is 0 Å². The molecular formula is C18H17NO4. The van der Waals surface area contributed by atoms with Gasteiger partial charge >= 0.3 is 5.97 Å². The van der Waals surface area contributed by atoms with E-state index in [9.17, 15) is 9.59 Å². The van der Waals surface area contributed by atoms with Crippen LogP contribution in [0, 0.1) is 0 Å². The van der Waals surface area contributed by atoms with Crippen LogP contribution in [0.25, 0.3) is 0 Å². The molecule has 0 aliphatic carbocycles. The molecule has 3 rings (SSSR count). The molecule has 0 radical (unpaired) electrons. The summed E-state index contributed by atoms with van der Waals surface area (Å²) in [6.07, 6.45) is 0.344. The Kier molecular flexibility index (Phi) is 3.78. The summed E-state index contributed by atoms with van der Waals surface area (Å²) in [7, 11) is 1.58. The van der Waals surface area contributed by atoms with Crippen LogP contribution in [0.1, 0.15) is 22.8 Å². The fourth-order valence-corrected chi connectivity index (χ4v) is 2.60. The second-order valence-corrected chi connectivity index (χ2v) is 5.64. The molecule has 1 N–H and O–H groups in total. The fraction of sp³-hybridized carbons (Fsp3) is 0.222. The van der Waals surface area contributed by atoms with Crippen molar-refractivity contribution in [1.82, 2.24) is 0 Å². The summed E-state index contributed by atoms with van der Waals surface area (Å²) in [5.74, 6) is -0.128. The first-order valence-corrected chi connectivity index (χ1v) is 7.28. The number of esters is 1. The van der Waals surface area contributed by atoms with E-state index in [0.717, 1.165) is 5.56 Å². The van der Waals surface area contributed by atoms with Gasteiger partial charge in [-0.15, -0.1) is 0 Å². The maximum Gasteiger partial charge on any atom is 0.339 e. The highest BCUT2D eigenvalue weighted by molar-refractivity contribution is 6.02. The van der Waals surface area contributed by atoms with Crippen molar-refractivity contribution in [3.05, 3.63) is 59.7 Å². The quantitative estimate of drug-likeness (QED) is 0.885. The molecule has 23 heavy (non-hydrogen) atoms. The standard InChI is InChI=1S/C18H17NO4/c1-18(11-12-5-3-4-6-15(12)16(20)23-18)17(21)19-13-7-9-14(22-2)10-8-13/h3-10H,11H2,1-2H3,(H,19,21)/t18-/m0/s1. The molecule has 0 aromatic heterocycles. The van der Waals surface area contributed by atoms with Crippen LogP contribution in [0.2, 0.25) is 0 Å². The number of hydrogen-bond donors (Lipinski definition) is 1. The highest BCUT2D eigenvalue weighted by Gasteiger charge is 2.42. The number of hydrogen-bond acceptors (Lipinski definition) is 4. The van der Waals surface area contributed by atoms with Gasteiger partial charge in [-0.2, -0.15) is 0 Å². The van der Waals surface area contributed by atoms with E-state index in [0.29, 0.717) is 23.4 Å². The van der Waals surface area contributed by atoms with Gasteiger partial charge in [0.1, 0.15) is 5.75 Å².